The zero-order valence-electron chi connectivity index (χ0n) is 13.0. The van der Waals surface area contributed by atoms with Gasteiger partial charge in [-0.3, -0.25) is 4.79 Å². The molecule has 1 aliphatic rings. The Morgan fingerprint density at radius 1 is 1.33 bits per heavy atom. The van der Waals surface area contributed by atoms with Crippen molar-refractivity contribution in [2.75, 3.05) is 26.7 Å². The van der Waals surface area contributed by atoms with Crippen molar-refractivity contribution in [3.05, 3.63) is 0 Å². The molecule has 0 spiro atoms. The number of urea groups is 1. The average Bonchev–Trinajstić information content (AvgIpc) is 2.44. The first kappa shape index (κ1) is 17.3. The van der Waals surface area contributed by atoms with Crippen molar-refractivity contribution in [1.82, 2.24) is 15.1 Å². The SMILES string of the molecule is CC(C)CNC(=O)CN(C)C(=O)N1CCCCC1C(=O)O. The van der Waals surface area contributed by atoms with E-state index in [1.54, 1.807) is 0 Å². The standard InChI is InChI=1S/C14H25N3O4/c1-10(2)8-15-12(18)9-16(3)14(21)17-7-5-4-6-11(17)13(19)20/h10-11H,4-9H2,1-3H3,(H,15,18)(H,19,20). The number of hydrogen-bond donors (Lipinski definition) is 2. The number of likely N-dealkylation sites (tertiary alicyclic amines) is 1. The molecule has 0 aliphatic carbocycles. The van der Waals surface area contributed by atoms with Crippen LogP contribution in [-0.4, -0.2) is 65.5 Å². The van der Waals surface area contributed by atoms with E-state index >= 15 is 0 Å². The molecule has 120 valence electrons. The molecule has 7 nitrogen and oxygen atoms in total. The largest absolute Gasteiger partial charge is 0.480 e. The van der Waals surface area contributed by atoms with Gasteiger partial charge in [0, 0.05) is 20.1 Å². The van der Waals surface area contributed by atoms with Crippen molar-refractivity contribution in [2.24, 2.45) is 5.92 Å². The highest BCUT2D eigenvalue weighted by atomic mass is 16.4. The highest BCUT2D eigenvalue weighted by molar-refractivity contribution is 5.86. The van der Waals surface area contributed by atoms with Crippen molar-refractivity contribution in [3.63, 3.8) is 0 Å². The van der Waals surface area contributed by atoms with Crippen LogP contribution in [-0.2, 0) is 9.59 Å². The van der Waals surface area contributed by atoms with Gasteiger partial charge in [-0.1, -0.05) is 13.8 Å². The highest BCUT2D eigenvalue weighted by Gasteiger charge is 2.33. The van der Waals surface area contributed by atoms with Crippen LogP contribution in [0.15, 0.2) is 0 Å². The lowest BCUT2D eigenvalue weighted by Gasteiger charge is -2.35. The Labute approximate surface area is 125 Å². The van der Waals surface area contributed by atoms with Crippen molar-refractivity contribution in [1.29, 1.82) is 0 Å². The highest BCUT2D eigenvalue weighted by Crippen LogP contribution is 2.18. The zero-order valence-corrected chi connectivity index (χ0v) is 13.0. The number of carbonyl (C=O) groups excluding carboxylic acids is 2. The fourth-order valence-corrected chi connectivity index (χ4v) is 2.29. The molecule has 0 aromatic rings. The summed E-state index contributed by atoms with van der Waals surface area (Å²) in [6, 6.07) is -1.19. The van der Waals surface area contributed by atoms with Crippen LogP contribution < -0.4 is 5.32 Å². The molecule has 2 N–H and O–H groups in total. The maximum atomic E-state index is 12.3. The van der Waals surface area contributed by atoms with Crippen molar-refractivity contribution >= 4 is 17.9 Å². The van der Waals surface area contributed by atoms with Gasteiger partial charge in [-0.25, -0.2) is 9.59 Å². The maximum absolute atomic E-state index is 12.3. The molecule has 0 aromatic carbocycles. The summed E-state index contributed by atoms with van der Waals surface area (Å²) in [7, 11) is 1.52. The molecule has 0 saturated carbocycles. The van der Waals surface area contributed by atoms with E-state index in [0.717, 1.165) is 12.8 Å². The molecule has 1 heterocycles. The van der Waals surface area contributed by atoms with Gasteiger partial charge >= 0.3 is 12.0 Å². The Bertz CT molecular complexity index is 398. The van der Waals surface area contributed by atoms with Crippen LogP contribution in [0.4, 0.5) is 4.79 Å². The molecule has 1 saturated heterocycles. The fraction of sp³-hybridized carbons (Fsp3) is 0.786. The van der Waals surface area contributed by atoms with E-state index in [1.165, 1.54) is 16.8 Å². The first-order chi connectivity index (χ1) is 9.82. The minimum atomic E-state index is -0.985. The number of likely N-dealkylation sites (N-methyl/N-ethyl adjacent to an activating group) is 1. The van der Waals surface area contributed by atoms with E-state index in [4.69, 9.17) is 0 Å². The van der Waals surface area contributed by atoms with Crippen LogP contribution in [0.3, 0.4) is 0 Å². The fourth-order valence-electron chi connectivity index (χ4n) is 2.29. The molecule has 7 heteroatoms. The van der Waals surface area contributed by atoms with Crippen molar-refractivity contribution < 1.29 is 19.5 Å². The minimum absolute atomic E-state index is 0.0611. The molecular formula is C14H25N3O4. The summed E-state index contributed by atoms with van der Waals surface area (Å²) in [6.07, 6.45) is 2.07. The third-order valence-electron chi connectivity index (χ3n) is 3.45. The summed E-state index contributed by atoms with van der Waals surface area (Å²) in [5.74, 6) is -0.877. The molecular weight excluding hydrogens is 274 g/mol. The molecule has 0 aromatic heterocycles. The molecule has 1 aliphatic heterocycles. The van der Waals surface area contributed by atoms with Gasteiger partial charge in [0.05, 0.1) is 0 Å². The average molecular weight is 299 g/mol. The number of carbonyl (C=O) groups is 3. The Hall–Kier alpha value is -1.79. The zero-order chi connectivity index (χ0) is 16.0. The van der Waals surface area contributed by atoms with Crippen LogP contribution in [0.25, 0.3) is 0 Å². The Balaban J connectivity index is 2.55. The summed E-state index contributed by atoms with van der Waals surface area (Å²) in [5, 5.41) is 11.9. The minimum Gasteiger partial charge on any atom is -0.480 e. The van der Waals surface area contributed by atoms with Gasteiger partial charge < -0.3 is 20.2 Å². The molecule has 21 heavy (non-hydrogen) atoms. The number of nitrogens with zero attached hydrogens (tertiary/aromatic N) is 2. The first-order valence-electron chi connectivity index (χ1n) is 7.34. The van der Waals surface area contributed by atoms with E-state index in [9.17, 15) is 19.5 Å². The van der Waals surface area contributed by atoms with E-state index in [2.05, 4.69) is 5.32 Å². The normalized spacial score (nSPS) is 18.5. The Morgan fingerprint density at radius 2 is 2.00 bits per heavy atom. The van der Waals surface area contributed by atoms with E-state index in [1.807, 2.05) is 13.8 Å². The van der Waals surface area contributed by atoms with Gasteiger partial charge in [-0.05, 0) is 25.2 Å². The second-order valence-electron chi connectivity index (χ2n) is 5.88. The number of hydrogen-bond acceptors (Lipinski definition) is 3. The smallest absolute Gasteiger partial charge is 0.326 e. The third-order valence-corrected chi connectivity index (χ3v) is 3.45. The summed E-state index contributed by atoms with van der Waals surface area (Å²) in [6.45, 7) is 4.89. The number of amides is 3. The van der Waals surface area contributed by atoms with Crippen LogP contribution in [0.1, 0.15) is 33.1 Å². The van der Waals surface area contributed by atoms with Crippen LogP contribution in [0.2, 0.25) is 0 Å². The van der Waals surface area contributed by atoms with Gasteiger partial charge in [0.25, 0.3) is 0 Å². The predicted octanol–water partition coefficient (Wildman–Crippen LogP) is 0.750. The molecule has 1 atom stereocenters. The Morgan fingerprint density at radius 3 is 2.57 bits per heavy atom. The number of carboxylic acids is 1. The van der Waals surface area contributed by atoms with Crippen LogP contribution in [0.5, 0.6) is 0 Å². The van der Waals surface area contributed by atoms with Crippen molar-refractivity contribution in [3.8, 4) is 0 Å². The molecule has 0 radical (unpaired) electrons. The van der Waals surface area contributed by atoms with Crippen LogP contribution in [0, 0.1) is 5.92 Å². The van der Waals surface area contributed by atoms with Gasteiger partial charge in [-0.15, -0.1) is 0 Å². The number of carboxylic acid groups (broad SMARTS) is 1. The monoisotopic (exact) mass is 299 g/mol. The molecule has 1 fully saturated rings. The lowest BCUT2D eigenvalue weighted by Crippen LogP contribution is -2.53. The quantitative estimate of drug-likeness (QED) is 0.784. The predicted molar refractivity (Wildman–Crippen MR) is 77.9 cm³/mol. The van der Waals surface area contributed by atoms with Gasteiger partial charge in [0.15, 0.2) is 0 Å². The number of piperidine rings is 1. The van der Waals surface area contributed by atoms with E-state index in [0.29, 0.717) is 25.4 Å². The summed E-state index contributed by atoms with van der Waals surface area (Å²) in [4.78, 5) is 37.8. The lowest BCUT2D eigenvalue weighted by molar-refractivity contribution is -0.143. The Kier molecular flexibility index (Phi) is 6.45. The summed E-state index contributed by atoms with van der Waals surface area (Å²) >= 11 is 0. The number of aliphatic carboxylic acids is 1. The topological polar surface area (TPSA) is 90.0 Å². The lowest BCUT2D eigenvalue weighted by atomic mass is 10.0. The number of rotatable bonds is 5. The van der Waals surface area contributed by atoms with Gasteiger partial charge in [0.2, 0.25) is 5.91 Å². The van der Waals surface area contributed by atoms with Crippen molar-refractivity contribution in [2.45, 2.75) is 39.2 Å². The van der Waals surface area contributed by atoms with Crippen LogP contribution >= 0.6 is 0 Å². The molecule has 3 amide bonds. The molecule has 1 unspecified atom stereocenters. The maximum Gasteiger partial charge on any atom is 0.326 e. The van der Waals surface area contributed by atoms with Gasteiger partial charge in [0.1, 0.15) is 12.6 Å². The van der Waals surface area contributed by atoms with E-state index in [-0.39, 0.29) is 12.5 Å². The molecule has 1 rings (SSSR count). The molecule has 0 bridgehead atoms. The summed E-state index contributed by atoms with van der Waals surface area (Å²) < 4.78 is 0. The second kappa shape index (κ2) is 7.85. The number of nitrogens with one attached hydrogen (secondary N) is 1. The first-order valence-corrected chi connectivity index (χ1v) is 7.34. The third kappa shape index (κ3) is 5.24. The summed E-state index contributed by atoms with van der Waals surface area (Å²) in [5.41, 5.74) is 0. The van der Waals surface area contributed by atoms with Gasteiger partial charge in [-0.2, -0.15) is 0 Å². The van der Waals surface area contributed by atoms with E-state index < -0.39 is 18.0 Å². The second-order valence-corrected chi connectivity index (χ2v) is 5.88.